The predicted octanol–water partition coefficient (Wildman–Crippen LogP) is 3.86. The molecule has 0 saturated heterocycles. The molecule has 0 aliphatic rings. The van der Waals surface area contributed by atoms with Crippen LogP contribution in [0, 0.1) is 5.82 Å². The third-order valence-electron chi connectivity index (χ3n) is 3.27. The molecule has 0 spiro atoms. The van der Waals surface area contributed by atoms with E-state index in [0.29, 0.717) is 17.3 Å². The fraction of sp³-hybridized carbons (Fsp3) is 0.125. The second-order valence-corrected chi connectivity index (χ2v) is 5.32. The summed E-state index contributed by atoms with van der Waals surface area (Å²) in [7, 11) is 0. The number of halogens is 2. The lowest BCUT2D eigenvalue weighted by atomic mass is 10.2. The summed E-state index contributed by atoms with van der Waals surface area (Å²) in [6, 6.07) is 11.3. The van der Waals surface area contributed by atoms with Gasteiger partial charge in [0, 0.05) is 22.5 Å². The van der Waals surface area contributed by atoms with Crippen molar-refractivity contribution in [1.29, 1.82) is 0 Å². The number of aryl methyl sites for hydroxylation is 1. The van der Waals surface area contributed by atoms with Crippen LogP contribution in [0.1, 0.15) is 6.42 Å². The minimum atomic E-state index is -0.384. The molecule has 1 aromatic heterocycles. The molecule has 0 bridgehead atoms. The van der Waals surface area contributed by atoms with E-state index in [-0.39, 0.29) is 18.1 Å². The van der Waals surface area contributed by atoms with Crippen LogP contribution in [0.15, 0.2) is 48.7 Å². The number of fused-ring (bicyclic) bond motifs is 1. The van der Waals surface area contributed by atoms with E-state index in [4.69, 9.17) is 11.6 Å². The van der Waals surface area contributed by atoms with Crippen LogP contribution in [0.3, 0.4) is 0 Å². The number of hydrogen-bond donors (Lipinski definition) is 1. The first-order valence-corrected chi connectivity index (χ1v) is 7.16. The summed E-state index contributed by atoms with van der Waals surface area (Å²) in [5.41, 5.74) is 1.32. The Morgan fingerprint density at radius 1 is 1.27 bits per heavy atom. The summed E-state index contributed by atoms with van der Waals surface area (Å²) in [6.45, 7) is 0.422. The van der Waals surface area contributed by atoms with Crippen LogP contribution in [0.5, 0.6) is 0 Å². The van der Waals surface area contributed by atoms with E-state index in [2.05, 4.69) is 10.4 Å². The SMILES string of the molecule is O=C(CCn1ncc2ccc(Cl)cc21)Nc1cccc(F)c1. The zero-order valence-electron chi connectivity index (χ0n) is 11.6. The molecule has 1 amide bonds. The maximum absolute atomic E-state index is 13.1. The third-order valence-corrected chi connectivity index (χ3v) is 3.50. The molecule has 0 fully saturated rings. The quantitative estimate of drug-likeness (QED) is 0.794. The largest absolute Gasteiger partial charge is 0.326 e. The molecule has 1 N–H and O–H groups in total. The van der Waals surface area contributed by atoms with Crippen molar-refractivity contribution in [3.05, 3.63) is 59.5 Å². The van der Waals surface area contributed by atoms with E-state index in [0.717, 1.165) is 10.9 Å². The topological polar surface area (TPSA) is 46.9 Å². The monoisotopic (exact) mass is 317 g/mol. The molecule has 3 aromatic rings. The van der Waals surface area contributed by atoms with Crippen molar-refractivity contribution < 1.29 is 9.18 Å². The Balaban J connectivity index is 1.66. The van der Waals surface area contributed by atoms with Crippen molar-refractivity contribution >= 4 is 34.1 Å². The fourth-order valence-corrected chi connectivity index (χ4v) is 2.39. The zero-order valence-corrected chi connectivity index (χ0v) is 12.3. The van der Waals surface area contributed by atoms with Crippen LogP contribution >= 0.6 is 11.6 Å². The normalized spacial score (nSPS) is 10.8. The van der Waals surface area contributed by atoms with Gasteiger partial charge in [-0.15, -0.1) is 0 Å². The molecule has 0 radical (unpaired) electrons. The van der Waals surface area contributed by atoms with Crippen LogP contribution in [-0.4, -0.2) is 15.7 Å². The molecule has 4 nitrogen and oxygen atoms in total. The highest BCUT2D eigenvalue weighted by Gasteiger charge is 2.07. The summed E-state index contributed by atoms with van der Waals surface area (Å²) < 4.78 is 14.8. The van der Waals surface area contributed by atoms with E-state index >= 15 is 0 Å². The Morgan fingerprint density at radius 3 is 2.95 bits per heavy atom. The van der Waals surface area contributed by atoms with Crippen LogP contribution in [0.25, 0.3) is 10.9 Å². The molecule has 0 aliphatic carbocycles. The maximum atomic E-state index is 13.1. The standard InChI is InChI=1S/C16H13ClFN3O/c17-12-5-4-11-10-19-21(15(11)8-12)7-6-16(22)20-14-3-1-2-13(18)9-14/h1-5,8-10H,6-7H2,(H,20,22). The molecule has 22 heavy (non-hydrogen) atoms. The van der Waals surface area contributed by atoms with Gasteiger partial charge >= 0.3 is 0 Å². The number of carbonyl (C=O) groups excluding carboxylic acids is 1. The molecule has 3 rings (SSSR count). The van der Waals surface area contributed by atoms with Crippen molar-refractivity contribution in [1.82, 2.24) is 9.78 Å². The molecule has 0 aliphatic heterocycles. The number of carbonyl (C=O) groups is 1. The third kappa shape index (κ3) is 3.26. The average molecular weight is 318 g/mol. The van der Waals surface area contributed by atoms with Gasteiger partial charge in [0.1, 0.15) is 5.82 Å². The summed E-state index contributed by atoms with van der Waals surface area (Å²) in [5.74, 6) is -0.582. The number of anilines is 1. The van der Waals surface area contributed by atoms with Gasteiger partial charge in [-0.2, -0.15) is 5.10 Å². The van der Waals surface area contributed by atoms with E-state index in [9.17, 15) is 9.18 Å². The van der Waals surface area contributed by atoms with Crippen molar-refractivity contribution in [2.24, 2.45) is 0 Å². The number of hydrogen-bond acceptors (Lipinski definition) is 2. The minimum Gasteiger partial charge on any atom is -0.326 e. The van der Waals surface area contributed by atoms with Crippen molar-refractivity contribution in [2.75, 3.05) is 5.32 Å². The highest BCUT2D eigenvalue weighted by molar-refractivity contribution is 6.31. The number of nitrogens with zero attached hydrogens (tertiary/aromatic N) is 2. The summed E-state index contributed by atoms with van der Waals surface area (Å²) >= 11 is 5.98. The molecular formula is C16H13ClFN3O. The lowest BCUT2D eigenvalue weighted by molar-refractivity contribution is -0.116. The van der Waals surface area contributed by atoms with E-state index in [1.807, 2.05) is 12.1 Å². The van der Waals surface area contributed by atoms with Gasteiger partial charge < -0.3 is 5.32 Å². The Kier molecular flexibility index (Phi) is 4.06. The van der Waals surface area contributed by atoms with Crippen LogP contribution in [0.2, 0.25) is 5.02 Å². The van der Waals surface area contributed by atoms with Gasteiger partial charge in [0.05, 0.1) is 18.3 Å². The Hall–Kier alpha value is -2.40. The molecular weight excluding hydrogens is 305 g/mol. The van der Waals surface area contributed by atoms with Crippen molar-refractivity contribution in [3.63, 3.8) is 0 Å². The molecule has 112 valence electrons. The Labute approximate surface area is 131 Å². The van der Waals surface area contributed by atoms with Gasteiger partial charge in [-0.05, 0) is 36.4 Å². The van der Waals surface area contributed by atoms with Crippen molar-refractivity contribution in [2.45, 2.75) is 13.0 Å². The second-order valence-electron chi connectivity index (χ2n) is 4.88. The first-order chi connectivity index (χ1) is 10.6. The number of benzene rings is 2. The summed E-state index contributed by atoms with van der Waals surface area (Å²) in [5, 5.41) is 8.50. The molecule has 6 heteroatoms. The van der Waals surface area contributed by atoms with E-state index in [1.54, 1.807) is 29.1 Å². The lowest BCUT2D eigenvalue weighted by Crippen LogP contribution is -2.15. The van der Waals surface area contributed by atoms with Gasteiger partial charge in [0.15, 0.2) is 0 Å². The number of nitrogens with one attached hydrogen (secondary N) is 1. The average Bonchev–Trinajstić information content (AvgIpc) is 2.87. The first kappa shape index (κ1) is 14.5. The first-order valence-electron chi connectivity index (χ1n) is 6.78. The lowest BCUT2D eigenvalue weighted by Gasteiger charge is -2.06. The van der Waals surface area contributed by atoms with Crippen LogP contribution in [0.4, 0.5) is 10.1 Å². The number of aromatic nitrogens is 2. The molecule has 2 aromatic carbocycles. The van der Waals surface area contributed by atoms with E-state index < -0.39 is 0 Å². The van der Waals surface area contributed by atoms with Crippen molar-refractivity contribution in [3.8, 4) is 0 Å². The predicted molar refractivity (Wildman–Crippen MR) is 84.4 cm³/mol. The number of rotatable bonds is 4. The van der Waals surface area contributed by atoms with Gasteiger partial charge in [0.2, 0.25) is 5.91 Å². The minimum absolute atomic E-state index is 0.198. The van der Waals surface area contributed by atoms with Crippen LogP contribution in [-0.2, 0) is 11.3 Å². The van der Waals surface area contributed by atoms with E-state index in [1.165, 1.54) is 12.1 Å². The number of amides is 1. The molecule has 0 unspecified atom stereocenters. The molecule has 0 atom stereocenters. The second kappa shape index (κ2) is 6.15. The van der Waals surface area contributed by atoms with Crippen LogP contribution < -0.4 is 5.32 Å². The smallest absolute Gasteiger partial charge is 0.226 e. The van der Waals surface area contributed by atoms with Gasteiger partial charge in [-0.3, -0.25) is 9.48 Å². The summed E-state index contributed by atoms with van der Waals surface area (Å²) in [4.78, 5) is 11.9. The van der Waals surface area contributed by atoms with Gasteiger partial charge in [-0.1, -0.05) is 17.7 Å². The van der Waals surface area contributed by atoms with Gasteiger partial charge in [-0.25, -0.2) is 4.39 Å². The Bertz CT molecular complexity index is 831. The summed E-state index contributed by atoms with van der Waals surface area (Å²) in [6.07, 6.45) is 1.97. The fourth-order valence-electron chi connectivity index (χ4n) is 2.22. The highest BCUT2D eigenvalue weighted by Crippen LogP contribution is 2.19. The van der Waals surface area contributed by atoms with Gasteiger partial charge in [0.25, 0.3) is 0 Å². The molecule has 1 heterocycles. The zero-order chi connectivity index (χ0) is 15.5. The maximum Gasteiger partial charge on any atom is 0.226 e. The molecule has 0 saturated carbocycles. The highest BCUT2D eigenvalue weighted by atomic mass is 35.5. The Morgan fingerprint density at radius 2 is 2.14 bits per heavy atom.